The number of hydrogen-bond donors (Lipinski definition) is 4. The van der Waals surface area contributed by atoms with Gasteiger partial charge in [0.1, 0.15) is 0 Å². The van der Waals surface area contributed by atoms with Gasteiger partial charge in [-0.2, -0.15) is 0 Å². The first-order chi connectivity index (χ1) is 25.5. The van der Waals surface area contributed by atoms with Crippen molar-refractivity contribution in [1.29, 1.82) is 0 Å². The zero-order chi connectivity index (χ0) is 40.6. The number of unbranched alkanes of at least 4 members (excludes halogenated alkanes) is 15. The first-order valence-corrected chi connectivity index (χ1v) is 21.9. The van der Waals surface area contributed by atoms with Crippen LogP contribution in [0.1, 0.15) is 215 Å². The molecule has 0 aromatic carbocycles. The summed E-state index contributed by atoms with van der Waals surface area (Å²) in [7, 11) is 0. The third-order valence-electron chi connectivity index (χ3n) is 10.9. The number of aliphatic hydroxyl groups excluding tert-OH is 3. The Hall–Kier alpha value is -1.71. The Bertz CT molecular complexity index is 755. The van der Waals surface area contributed by atoms with Crippen molar-refractivity contribution in [2.75, 3.05) is 33.0 Å². The largest absolute Gasteiger partial charge is 0.481 e. The average Bonchev–Trinajstić information content (AvgIpc) is 3.17. The minimum absolute atomic E-state index is 0.134. The molecule has 0 aliphatic heterocycles. The van der Waals surface area contributed by atoms with Gasteiger partial charge >= 0.3 is 17.9 Å². The van der Waals surface area contributed by atoms with Gasteiger partial charge in [-0.25, -0.2) is 0 Å². The number of hydrogen-bond acceptors (Lipinski definition) is 8. The lowest BCUT2D eigenvalue weighted by Gasteiger charge is -2.35. The number of esters is 2. The van der Waals surface area contributed by atoms with E-state index in [2.05, 4.69) is 27.7 Å². The molecule has 9 heteroatoms. The number of rotatable bonds is 34. The van der Waals surface area contributed by atoms with Crippen LogP contribution in [0.5, 0.6) is 0 Å². The molecule has 9 nitrogen and oxygen atoms in total. The lowest BCUT2D eigenvalue weighted by molar-refractivity contribution is -0.154. The monoisotopic (exact) mass is 761 g/mol. The highest BCUT2D eigenvalue weighted by molar-refractivity contribution is 5.75. The summed E-state index contributed by atoms with van der Waals surface area (Å²) in [6.45, 7) is 15.1. The molecular weight excluding hydrogens is 672 g/mol. The summed E-state index contributed by atoms with van der Waals surface area (Å²) in [5.41, 5.74) is -1.15. The van der Waals surface area contributed by atoms with E-state index < -0.39 is 16.8 Å². The second-order valence-corrected chi connectivity index (χ2v) is 15.0. The van der Waals surface area contributed by atoms with Gasteiger partial charge in [-0.1, -0.05) is 151 Å². The zero-order valence-corrected chi connectivity index (χ0v) is 35.8. The number of carboxylic acid groups (broad SMARTS) is 1. The van der Waals surface area contributed by atoms with Gasteiger partial charge in [0, 0.05) is 18.3 Å². The molecule has 0 saturated heterocycles. The van der Waals surface area contributed by atoms with E-state index >= 15 is 0 Å². The molecule has 1 unspecified atom stereocenters. The summed E-state index contributed by atoms with van der Waals surface area (Å²) in [6, 6.07) is 0. The highest BCUT2D eigenvalue weighted by atomic mass is 16.5. The minimum atomic E-state index is -0.667. The smallest absolute Gasteiger partial charge is 0.309 e. The maximum Gasteiger partial charge on any atom is 0.309 e. The molecule has 318 valence electrons. The Morgan fingerprint density at radius 3 is 1.09 bits per heavy atom. The standard InChI is InChI=1S/C26H50O4.C12H24O2.C6H14O3/c1-3-5-7-9-11-13-15-19-23-29-25(27)21-17-18-22-26(28)30-24-20-16-14-12-10-8-6-4-2;1-5-9-10(6-2)12(7-3,8-4)11(13)14;1-2-6(3-7,4-8)5-9/h3-24H2,1-2H3;10H,5-9H2,1-4H3,(H,13,14);7-9H,2-5H2,1H3. The molecule has 1 atom stereocenters. The molecule has 0 spiro atoms. The van der Waals surface area contributed by atoms with Gasteiger partial charge in [0.15, 0.2) is 0 Å². The maximum absolute atomic E-state index is 11.7. The van der Waals surface area contributed by atoms with E-state index in [1.807, 2.05) is 20.8 Å². The SMILES string of the molecule is CCC(CO)(CO)CO.CCCC(CC)C(CC)(CC)C(=O)O.CCCCCCCCCCOC(=O)CCCCC(=O)OCCCCCCCCCC. The molecule has 0 bridgehead atoms. The number of aliphatic carboxylic acids is 1. The second-order valence-electron chi connectivity index (χ2n) is 15.0. The van der Waals surface area contributed by atoms with Crippen LogP contribution in [0.3, 0.4) is 0 Å². The molecule has 0 fully saturated rings. The molecule has 0 heterocycles. The van der Waals surface area contributed by atoms with E-state index in [0.717, 1.165) is 57.8 Å². The molecule has 53 heavy (non-hydrogen) atoms. The second kappa shape index (κ2) is 40.0. The highest BCUT2D eigenvalue weighted by Crippen LogP contribution is 2.40. The van der Waals surface area contributed by atoms with Crippen LogP contribution in [0.2, 0.25) is 0 Å². The first kappa shape index (κ1) is 55.6. The van der Waals surface area contributed by atoms with Crippen molar-refractivity contribution in [3.63, 3.8) is 0 Å². The summed E-state index contributed by atoms with van der Waals surface area (Å²) in [5.74, 6) is -0.543. The van der Waals surface area contributed by atoms with Crippen LogP contribution in [-0.2, 0) is 23.9 Å². The maximum atomic E-state index is 11.7. The number of carboxylic acids is 1. The Balaban J connectivity index is -0.000000888. The Morgan fingerprint density at radius 2 is 0.849 bits per heavy atom. The van der Waals surface area contributed by atoms with Crippen LogP contribution in [0, 0.1) is 16.7 Å². The summed E-state index contributed by atoms with van der Waals surface area (Å²) >= 11 is 0. The van der Waals surface area contributed by atoms with Crippen molar-refractivity contribution in [3.8, 4) is 0 Å². The normalized spacial score (nSPS) is 11.9. The van der Waals surface area contributed by atoms with Crippen LogP contribution in [-0.4, -0.2) is 71.4 Å². The average molecular weight is 761 g/mol. The topological polar surface area (TPSA) is 151 Å². The van der Waals surface area contributed by atoms with Crippen LogP contribution in [0.25, 0.3) is 0 Å². The molecule has 0 aromatic rings. The summed E-state index contributed by atoms with van der Waals surface area (Å²) in [5, 5.41) is 35.3. The molecule has 0 aliphatic carbocycles. The Kier molecular flexibility index (Phi) is 41.9. The predicted octanol–water partition coefficient (Wildman–Crippen LogP) is 11.0. The van der Waals surface area contributed by atoms with Gasteiger partial charge < -0.3 is 29.9 Å². The van der Waals surface area contributed by atoms with E-state index in [1.165, 1.54) is 77.0 Å². The number of aliphatic hydroxyl groups is 3. The fourth-order valence-corrected chi connectivity index (χ4v) is 6.54. The van der Waals surface area contributed by atoms with Gasteiger partial charge in [-0.15, -0.1) is 0 Å². The Morgan fingerprint density at radius 1 is 0.491 bits per heavy atom. The van der Waals surface area contributed by atoms with Crippen LogP contribution < -0.4 is 0 Å². The Labute approximate surface area is 326 Å². The van der Waals surface area contributed by atoms with Crippen molar-refractivity contribution < 1.29 is 44.3 Å². The zero-order valence-electron chi connectivity index (χ0n) is 35.8. The lowest BCUT2D eigenvalue weighted by Crippen LogP contribution is -2.37. The first-order valence-electron chi connectivity index (χ1n) is 21.9. The quantitative estimate of drug-likeness (QED) is 0.0371. The molecule has 0 aromatic heterocycles. The van der Waals surface area contributed by atoms with Gasteiger partial charge in [-0.3, -0.25) is 14.4 Å². The van der Waals surface area contributed by atoms with Gasteiger partial charge in [0.25, 0.3) is 0 Å². The highest BCUT2D eigenvalue weighted by Gasteiger charge is 2.41. The van der Waals surface area contributed by atoms with Crippen LogP contribution >= 0.6 is 0 Å². The van der Waals surface area contributed by atoms with Crippen molar-refractivity contribution >= 4 is 17.9 Å². The minimum Gasteiger partial charge on any atom is -0.481 e. The van der Waals surface area contributed by atoms with Crippen LogP contribution in [0.15, 0.2) is 0 Å². The van der Waals surface area contributed by atoms with E-state index in [9.17, 15) is 19.5 Å². The van der Waals surface area contributed by atoms with Crippen molar-refractivity contribution in [2.45, 2.75) is 215 Å². The van der Waals surface area contributed by atoms with Gasteiger partial charge in [0.05, 0.1) is 38.4 Å². The molecule has 0 radical (unpaired) electrons. The predicted molar refractivity (Wildman–Crippen MR) is 219 cm³/mol. The summed E-state index contributed by atoms with van der Waals surface area (Å²) < 4.78 is 10.5. The lowest BCUT2D eigenvalue weighted by atomic mass is 9.68. The summed E-state index contributed by atoms with van der Waals surface area (Å²) in [4.78, 5) is 34.8. The number of carbonyl (C=O) groups is 3. The molecule has 0 aliphatic rings. The third-order valence-corrected chi connectivity index (χ3v) is 10.9. The summed E-state index contributed by atoms with van der Waals surface area (Å²) in [6.07, 6.45) is 27.3. The fraction of sp³-hybridized carbons (Fsp3) is 0.932. The van der Waals surface area contributed by atoms with Crippen LogP contribution in [0.4, 0.5) is 0 Å². The van der Waals surface area contributed by atoms with Crippen molar-refractivity contribution in [1.82, 2.24) is 0 Å². The van der Waals surface area contributed by atoms with E-state index in [4.69, 9.17) is 24.8 Å². The van der Waals surface area contributed by atoms with Gasteiger partial charge in [-0.05, 0) is 57.3 Å². The van der Waals surface area contributed by atoms with Gasteiger partial charge in [0.2, 0.25) is 0 Å². The van der Waals surface area contributed by atoms with E-state index in [1.54, 1.807) is 0 Å². The number of ether oxygens (including phenoxy) is 2. The number of carbonyl (C=O) groups excluding carboxylic acids is 2. The van der Waals surface area contributed by atoms with E-state index in [0.29, 0.717) is 51.2 Å². The molecule has 0 saturated carbocycles. The van der Waals surface area contributed by atoms with Crippen molar-refractivity contribution in [3.05, 3.63) is 0 Å². The molecular formula is C44H88O9. The third kappa shape index (κ3) is 30.2. The molecule has 0 amide bonds. The fourth-order valence-electron chi connectivity index (χ4n) is 6.54. The molecule has 4 N–H and O–H groups in total. The van der Waals surface area contributed by atoms with E-state index in [-0.39, 0.29) is 31.8 Å². The molecule has 0 rings (SSSR count). The van der Waals surface area contributed by atoms with Crippen molar-refractivity contribution in [2.24, 2.45) is 16.7 Å².